The fourth-order valence-electron chi connectivity index (χ4n) is 2.85. The van der Waals surface area contributed by atoms with E-state index >= 15 is 0 Å². The molecule has 1 aliphatic heterocycles. The molecule has 168 valence electrons. The Kier molecular flexibility index (Phi) is 7.08. The molecule has 3 rings (SSSR count). The van der Waals surface area contributed by atoms with Crippen molar-refractivity contribution in [3.05, 3.63) is 53.1 Å². The Morgan fingerprint density at radius 3 is 2.77 bits per heavy atom. The van der Waals surface area contributed by atoms with E-state index in [9.17, 15) is 19.3 Å². The van der Waals surface area contributed by atoms with Crippen molar-refractivity contribution in [2.45, 2.75) is 37.8 Å². The number of aliphatic carboxylic acids is 1. The maximum absolute atomic E-state index is 13.2. The van der Waals surface area contributed by atoms with Crippen LogP contribution < -0.4 is 21.0 Å². The van der Waals surface area contributed by atoms with E-state index in [0.29, 0.717) is 0 Å². The SMILES string of the molecule is CC(NP(=O)(OC[C@H]1O[C@@H](n2ccc(N)nc2=O)C[C@@H]1O)Oc1ccccc1)C(=O)O. The summed E-state index contributed by atoms with van der Waals surface area (Å²) in [4.78, 5) is 26.8. The highest BCUT2D eigenvalue weighted by atomic mass is 31.2. The molecule has 0 radical (unpaired) electrons. The van der Waals surface area contributed by atoms with Crippen LogP contribution in [-0.2, 0) is 18.6 Å². The third-order valence-electron chi connectivity index (χ3n) is 4.47. The second kappa shape index (κ2) is 9.58. The van der Waals surface area contributed by atoms with Crippen LogP contribution in [0.5, 0.6) is 5.75 Å². The lowest BCUT2D eigenvalue weighted by Gasteiger charge is -2.24. The topological polar surface area (TPSA) is 175 Å². The predicted molar refractivity (Wildman–Crippen MR) is 108 cm³/mol. The smallest absolute Gasteiger partial charge is 0.459 e. The van der Waals surface area contributed by atoms with Crippen molar-refractivity contribution in [1.29, 1.82) is 0 Å². The third-order valence-corrected chi connectivity index (χ3v) is 6.11. The minimum absolute atomic E-state index is 0.0531. The van der Waals surface area contributed by atoms with E-state index in [4.69, 9.17) is 24.6 Å². The number of nitrogens with two attached hydrogens (primary N) is 1. The Hall–Kier alpha value is -2.76. The first-order chi connectivity index (χ1) is 14.7. The van der Waals surface area contributed by atoms with Crippen LogP contribution in [0, 0.1) is 0 Å². The fourth-order valence-corrected chi connectivity index (χ4v) is 4.36. The van der Waals surface area contributed by atoms with E-state index in [1.807, 2.05) is 0 Å². The quantitative estimate of drug-likeness (QED) is 0.393. The van der Waals surface area contributed by atoms with Crippen molar-refractivity contribution in [2.24, 2.45) is 0 Å². The van der Waals surface area contributed by atoms with Crippen molar-refractivity contribution < 1.29 is 33.4 Å². The molecule has 31 heavy (non-hydrogen) atoms. The van der Waals surface area contributed by atoms with E-state index in [1.54, 1.807) is 18.2 Å². The van der Waals surface area contributed by atoms with Crippen LogP contribution >= 0.6 is 7.75 Å². The van der Waals surface area contributed by atoms with Gasteiger partial charge in [-0.3, -0.25) is 13.9 Å². The Morgan fingerprint density at radius 1 is 1.42 bits per heavy atom. The predicted octanol–water partition coefficient (Wildman–Crippen LogP) is 0.740. The molecule has 5 N–H and O–H groups in total. The van der Waals surface area contributed by atoms with Crippen molar-refractivity contribution in [3.8, 4) is 5.75 Å². The first kappa shape index (κ1) is 22.9. The van der Waals surface area contributed by atoms with Gasteiger partial charge in [-0.05, 0) is 25.1 Å². The zero-order chi connectivity index (χ0) is 22.6. The summed E-state index contributed by atoms with van der Waals surface area (Å²) >= 11 is 0. The number of rotatable bonds is 9. The van der Waals surface area contributed by atoms with Crippen molar-refractivity contribution >= 4 is 19.5 Å². The van der Waals surface area contributed by atoms with Gasteiger partial charge >= 0.3 is 19.4 Å². The molecule has 0 spiro atoms. The van der Waals surface area contributed by atoms with Gasteiger partial charge in [-0.2, -0.15) is 10.1 Å². The molecule has 1 aromatic heterocycles. The standard InChI is InChI=1S/C18H23N4O8P/c1-11(17(24)25)21-31(27,30-12-5-3-2-4-6-12)28-10-14-13(23)9-16(29-14)22-8-7-15(19)20-18(22)26/h2-8,11,13-14,16,23H,9-10H2,1H3,(H,21,27)(H,24,25)(H2,19,20,26)/t11?,13-,14+,16+,31?/m0/s1. The molecular weight excluding hydrogens is 431 g/mol. The van der Waals surface area contributed by atoms with E-state index in [1.165, 1.54) is 35.9 Å². The molecule has 0 saturated carbocycles. The molecule has 1 aromatic carbocycles. The molecule has 1 saturated heterocycles. The Morgan fingerprint density at radius 2 is 2.13 bits per heavy atom. The van der Waals surface area contributed by atoms with E-state index in [0.717, 1.165) is 0 Å². The summed E-state index contributed by atoms with van der Waals surface area (Å²) < 4.78 is 30.8. The first-order valence-electron chi connectivity index (χ1n) is 9.35. The van der Waals surface area contributed by atoms with Crippen LogP contribution in [-0.4, -0.2) is 50.6 Å². The minimum atomic E-state index is -4.16. The van der Waals surface area contributed by atoms with Gasteiger partial charge in [0, 0.05) is 12.6 Å². The van der Waals surface area contributed by atoms with E-state index < -0.39 is 50.5 Å². The Balaban J connectivity index is 1.70. The van der Waals surface area contributed by atoms with Crippen molar-refractivity contribution in [3.63, 3.8) is 0 Å². The Bertz CT molecular complexity index is 1020. The van der Waals surface area contributed by atoms with Gasteiger partial charge in [0.1, 0.15) is 29.9 Å². The zero-order valence-corrected chi connectivity index (χ0v) is 17.4. The average molecular weight is 454 g/mol. The summed E-state index contributed by atoms with van der Waals surface area (Å²) in [6.07, 6.45) is -1.38. The van der Waals surface area contributed by atoms with E-state index in [-0.39, 0.29) is 18.0 Å². The monoisotopic (exact) mass is 454 g/mol. The number of nitrogens with zero attached hydrogens (tertiary/aromatic N) is 2. The van der Waals surface area contributed by atoms with Crippen LogP contribution in [0.4, 0.5) is 5.82 Å². The number of anilines is 1. The van der Waals surface area contributed by atoms with Gasteiger partial charge in [0.2, 0.25) is 0 Å². The number of nitrogen functional groups attached to an aromatic ring is 1. The molecule has 1 aliphatic rings. The van der Waals surface area contributed by atoms with Gasteiger partial charge in [0.25, 0.3) is 0 Å². The van der Waals surface area contributed by atoms with E-state index in [2.05, 4.69) is 10.1 Å². The highest BCUT2D eigenvalue weighted by molar-refractivity contribution is 7.52. The van der Waals surface area contributed by atoms with Crippen LogP contribution in [0.15, 0.2) is 47.4 Å². The lowest BCUT2D eigenvalue weighted by atomic mass is 10.2. The molecule has 5 atom stereocenters. The number of benzene rings is 1. The van der Waals surface area contributed by atoms with Gasteiger partial charge in [0.05, 0.1) is 12.7 Å². The molecule has 2 aromatic rings. The average Bonchev–Trinajstić information content (AvgIpc) is 3.07. The number of aromatic nitrogens is 2. The number of hydrogen-bond donors (Lipinski definition) is 4. The van der Waals surface area contributed by atoms with Crippen LogP contribution in [0.2, 0.25) is 0 Å². The number of carboxylic acids is 1. The number of carbonyl (C=O) groups is 1. The summed E-state index contributed by atoms with van der Waals surface area (Å²) in [5, 5.41) is 21.8. The molecule has 0 amide bonds. The second-order valence-electron chi connectivity index (χ2n) is 6.86. The lowest BCUT2D eigenvalue weighted by molar-refractivity contribution is -0.138. The molecule has 0 bridgehead atoms. The summed E-state index contributed by atoms with van der Waals surface area (Å²) in [6, 6.07) is 8.25. The fraction of sp³-hybridized carbons (Fsp3) is 0.389. The largest absolute Gasteiger partial charge is 0.480 e. The van der Waals surface area contributed by atoms with Gasteiger partial charge in [0.15, 0.2) is 0 Å². The number of carboxylic acid groups (broad SMARTS) is 1. The molecule has 2 unspecified atom stereocenters. The zero-order valence-electron chi connectivity index (χ0n) is 16.5. The van der Waals surface area contributed by atoms with Crippen LogP contribution in [0.1, 0.15) is 19.6 Å². The Labute approximate surface area is 177 Å². The van der Waals surface area contributed by atoms with Gasteiger partial charge in [-0.15, -0.1) is 0 Å². The normalized spacial score (nSPS) is 23.7. The van der Waals surface area contributed by atoms with Gasteiger partial charge < -0.3 is 25.2 Å². The molecule has 0 aliphatic carbocycles. The number of aliphatic hydroxyl groups excluding tert-OH is 1. The molecule has 13 heteroatoms. The number of nitrogens with one attached hydrogen (secondary N) is 1. The van der Waals surface area contributed by atoms with Crippen LogP contribution in [0.3, 0.4) is 0 Å². The number of ether oxygens (including phenoxy) is 1. The van der Waals surface area contributed by atoms with Gasteiger partial charge in [-0.25, -0.2) is 9.36 Å². The second-order valence-corrected chi connectivity index (χ2v) is 8.55. The summed E-state index contributed by atoms with van der Waals surface area (Å²) in [5.41, 5.74) is 4.83. The van der Waals surface area contributed by atoms with Gasteiger partial charge in [-0.1, -0.05) is 18.2 Å². The highest BCUT2D eigenvalue weighted by Gasteiger charge is 2.39. The maximum Gasteiger partial charge on any atom is 0.459 e. The first-order valence-corrected chi connectivity index (χ1v) is 10.9. The maximum atomic E-state index is 13.2. The summed E-state index contributed by atoms with van der Waals surface area (Å²) in [6.45, 7) is 0.891. The van der Waals surface area contributed by atoms with Crippen LogP contribution in [0.25, 0.3) is 0 Å². The van der Waals surface area contributed by atoms with Crippen molar-refractivity contribution in [2.75, 3.05) is 12.3 Å². The minimum Gasteiger partial charge on any atom is -0.480 e. The number of aliphatic hydroxyl groups is 1. The molecular formula is C18H23N4O8P. The lowest BCUT2D eigenvalue weighted by Crippen LogP contribution is -2.35. The molecule has 2 heterocycles. The molecule has 1 fully saturated rings. The summed E-state index contributed by atoms with van der Waals surface area (Å²) in [7, 11) is -4.16. The number of hydrogen-bond acceptors (Lipinski definition) is 9. The third kappa shape index (κ3) is 5.90. The van der Waals surface area contributed by atoms with Crippen molar-refractivity contribution in [1.82, 2.24) is 14.6 Å². The number of para-hydroxylation sites is 1. The highest BCUT2D eigenvalue weighted by Crippen LogP contribution is 2.45. The molecule has 12 nitrogen and oxygen atoms in total. The summed E-state index contributed by atoms with van der Waals surface area (Å²) in [5.74, 6) is -1.01.